The number of ether oxygens (including phenoxy) is 1. The number of esters is 1. The van der Waals surface area contributed by atoms with Gasteiger partial charge in [-0.05, 0) is 12.5 Å². The molecule has 134 valence electrons. The molecule has 0 saturated heterocycles. The number of thiazole rings is 1. The average Bonchev–Trinajstić information content (AvgIpc) is 2.99. The first kappa shape index (κ1) is 19.1. The van der Waals surface area contributed by atoms with E-state index in [0.717, 1.165) is 11.3 Å². The second-order valence-corrected chi connectivity index (χ2v) is 7.96. The summed E-state index contributed by atoms with van der Waals surface area (Å²) < 4.78 is 4.82. The van der Waals surface area contributed by atoms with E-state index in [2.05, 4.69) is 10.3 Å². The van der Waals surface area contributed by atoms with E-state index in [0.29, 0.717) is 21.3 Å². The first-order valence-electron chi connectivity index (χ1n) is 7.83. The normalized spacial score (nSPS) is 13.8. The lowest BCUT2D eigenvalue weighted by Gasteiger charge is -2.23. The topological polar surface area (TPSA) is 94.3 Å². The lowest BCUT2D eigenvalue weighted by molar-refractivity contribution is -0.120. The third-order valence-electron chi connectivity index (χ3n) is 3.77. The van der Waals surface area contributed by atoms with Crippen molar-refractivity contribution < 1.29 is 14.3 Å². The number of carbonyl (C=O) groups is 2. The fraction of sp³-hybridized carbons (Fsp3) is 0.389. The van der Waals surface area contributed by atoms with Gasteiger partial charge in [-0.15, -0.1) is 0 Å². The van der Waals surface area contributed by atoms with Crippen LogP contribution in [0.5, 0.6) is 0 Å². The van der Waals surface area contributed by atoms with Crippen molar-refractivity contribution in [3.05, 3.63) is 46.5 Å². The second-order valence-electron chi connectivity index (χ2n) is 6.96. The van der Waals surface area contributed by atoms with Crippen LogP contribution in [-0.4, -0.2) is 24.0 Å². The van der Waals surface area contributed by atoms with Gasteiger partial charge < -0.3 is 15.8 Å². The number of hydrogen-bond acceptors (Lipinski definition) is 6. The van der Waals surface area contributed by atoms with Gasteiger partial charge in [0.05, 0.1) is 12.8 Å². The summed E-state index contributed by atoms with van der Waals surface area (Å²) in [6.07, 6.45) is 0. The summed E-state index contributed by atoms with van der Waals surface area (Å²) >= 11 is 1.09. The molecular formula is C18H23N3O3S. The zero-order valence-electron chi connectivity index (χ0n) is 15.0. The van der Waals surface area contributed by atoms with E-state index in [1.807, 2.05) is 39.0 Å². The van der Waals surface area contributed by atoms with Crippen LogP contribution < -0.4 is 11.1 Å². The summed E-state index contributed by atoms with van der Waals surface area (Å²) in [6.45, 7) is 7.46. The monoisotopic (exact) mass is 361 g/mol. The number of hydrogen-bond donors (Lipinski definition) is 2. The van der Waals surface area contributed by atoms with Crippen molar-refractivity contribution in [1.82, 2.24) is 4.98 Å². The number of methoxy groups -OCH3 is 1. The van der Waals surface area contributed by atoms with E-state index >= 15 is 0 Å². The van der Waals surface area contributed by atoms with Crippen molar-refractivity contribution in [3.8, 4) is 0 Å². The number of nitrogens with zero attached hydrogens (tertiary/aromatic N) is 1. The van der Waals surface area contributed by atoms with E-state index in [9.17, 15) is 9.59 Å². The standard InChI is InChI=1S/C18H23N3O3S/c1-17(2,3)13-12(14(22)24-5)25-16(20-13)21-15(23)18(4,19)11-9-7-6-8-10-11/h6-10H,19H2,1-5H3,(H,20,21,23). The van der Waals surface area contributed by atoms with E-state index < -0.39 is 17.4 Å². The molecule has 0 aliphatic carbocycles. The third kappa shape index (κ3) is 4.05. The quantitative estimate of drug-likeness (QED) is 0.816. The Morgan fingerprint density at radius 3 is 2.28 bits per heavy atom. The molecule has 2 aromatic rings. The van der Waals surface area contributed by atoms with Gasteiger partial charge in [-0.1, -0.05) is 62.4 Å². The summed E-state index contributed by atoms with van der Waals surface area (Å²) in [5.74, 6) is -0.870. The molecule has 25 heavy (non-hydrogen) atoms. The van der Waals surface area contributed by atoms with Crippen LogP contribution in [0.4, 0.5) is 5.13 Å². The van der Waals surface area contributed by atoms with Gasteiger partial charge in [0.2, 0.25) is 0 Å². The molecule has 0 aliphatic rings. The van der Waals surface area contributed by atoms with Crippen molar-refractivity contribution in [1.29, 1.82) is 0 Å². The van der Waals surface area contributed by atoms with Gasteiger partial charge >= 0.3 is 5.97 Å². The Bertz CT molecular complexity index is 777. The van der Waals surface area contributed by atoms with E-state index in [1.165, 1.54) is 7.11 Å². The van der Waals surface area contributed by atoms with Gasteiger partial charge in [0.25, 0.3) is 5.91 Å². The van der Waals surface area contributed by atoms with Crippen LogP contribution in [-0.2, 0) is 20.5 Å². The van der Waals surface area contributed by atoms with Crippen molar-refractivity contribution >= 4 is 28.3 Å². The Kier molecular flexibility index (Phi) is 5.29. The molecule has 0 saturated carbocycles. The Morgan fingerprint density at radius 1 is 1.16 bits per heavy atom. The van der Waals surface area contributed by atoms with Crippen molar-refractivity contribution in [2.24, 2.45) is 5.73 Å². The average molecular weight is 361 g/mol. The number of carbonyl (C=O) groups excluding carboxylic acids is 2. The molecule has 6 nitrogen and oxygen atoms in total. The fourth-order valence-electron chi connectivity index (χ4n) is 2.26. The Balaban J connectivity index is 2.33. The van der Waals surface area contributed by atoms with Crippen molar-refractivity contribution in [3.63, 3.8) is 0 Å². The number of amides is 1. The molecule has 3 N–H and O–H groups in total. The maximum absolute atomic E-state index is 12.7. The molecule has 0 spiro atoms. The van der Waals surface area contributed by atoms with Crippen molar-refractivity contribution in [2.45, 2.75) is 38.6 Å². The molecule has 0 aliphatic heterocycles. The number of aromatic nitrogens is 1. The maximum atomic E-state index is 12.7. The highest BCUT2D eigenvalue weighted by molar-refractivity contribution is 7.17. The Morgan fingerprint density at radius 2 is 1.76 bits per heavy atom. The van der Waals surface area contributed by atoms with Crippen LogP contribution in [0.3, 0.4) is 0 Å². The molecule has 0 bridgehead atoms. The largest absolute Gasteiger partial charge is 0.465 e. The molecule has 7 heteroatoms. The summed E-state index contributed by atoms with van der Waals surface area (Å²) in [6, 6.07) is 9.09. The number of benzene rings is 1. The molecule has 0 fully saturated rings. The zero-order chi connectivity index (χ0) is 18.8. The molecule has 1 aromatic heterocycles. The van der Waals surface area contributed by atoms with Gasteiger partial charge in [-0.25, -0.2) is 9.78 Å². The van der Waals surface area contributed by atoms with Gasteiger partial charge in [0, 0.05) is 5.41 Å². The number of anilines is 1. The Hall–Kier alpha value is -2.25. The highest BCUT2D eigenvalue weighted by Gasteiger charge is 2.33. The summed E-state index contributed by atoms with van der Waals surface area (Å²) in [4.78, 5) is 29.5. The first-order chi connectivity index (χ1) is 11.6. The minimum atomic E-state index is -1.22. The van der Waals surface area contributed by atoms with Gasteiger partial charge in [-0.3, -0.25) is 4.79 Å². The highest BCUT2D eigenvalue weighted by Crippen LogP contribution is 2.33. The summed E-state index contributed by atoms with van der Waals surface area (Å²) in [5, 5.41) is 3.05. The zero-order valence-corrected chi connectivity index (χ0v) is 15.9. The Labute approximate surface area is 151 Å². The van der Waals surface area contributed by atoms with Crippen LogP contribution >= 0.6 is 11.3 Å². The number of rotatable bonds is 4. The first-order valence-corrected chi connectivity index (χ1v) is 8.64. The molecule has 1 aromatic carbocycles. The lowest BCUT2D eigenvalue weighted by Crippen LogP contribution is -2.45. The molecule has 1 heterocycles. The molecule has 1 atom stereocenters. The highest BCUT2D eigenvalue weighted by atomic mass is 32.1. The summed E-state index contributed by atoms with van der Waals surface area (Å²) in [7, 11) is 1.32. The number of nitrogens with one attached hydrogen (secondary N) is 1. The van der Waals surface area contributed by atoms with E-state index in [1.54, 1.807) is 19.1 Å². The summed E-state index contributed by atoms with van der Waals surface area (Å²) in [5.41, 5.74) is 5.90. The van der Waals surface area contributed by atoms with Crippen LogP contribution in [0.15, 0.2) is 30.3 Å². The second kappa shape index (κ2) is 6.93. The van der Waals surface area contributed by atoms with Crippen LogP contribution in [0.25, 0.3) is 0 Å². The minimum Gasteiger partial charge on any atom is -0.465 e. The van der Waals surface area contributed by atoms with Gasteiger partial charge in [0.1, 0.15) is 10.4 Å². The molecule has 1 unspecified atom stereocenters. The predicted octanol–water partition coefficient (Wildman–Crippen LogP) is 3.04. The predicted molar refractivity (Wildman–Crippen MR) is 98.8 cm³/mol. The van der Waals surface area contributed by atoms with E-state index in [4.69, 9.17) is 10.5 Å². The molecular weight excluding hydrogens is 338 g/mol. The smallest absolute Gasteiger partial charge is 0.350 e. The lowest BCUT2D eigenvalue weighted by atomic mass is 9.91. The van der Waals surface area contributed by atoms with Crippen LogP contribution in [0, 0.1) is 0 Å². The van der Waals surface area contributed by atoms with Crippen LogP contribution in [0.1, 0.15) is 48.6 Å². The molecule has 0 radical (unpaired) electrons. The van der Waals surface area contributed by atoms with Gasteiger partial charge in [0.15, 0.2) is 5.13 Å². The minimum absolute atomic E-state index is 0.322. The molecule has 2 rings (SSSR count). The van der Waals surface area contributed by atoms with Crippen LogP contribution in [0.2, 0.25) is 0 Å². The number of nitrogens with two attached hydrogens (primary N) is 1. The third-order valence-corrected chi connectivity index (χ3v) is 4.72. The van der Waals surface area contributed by atoms with Crippen molar-refractivity contribution in [2.75, 3.05) is 12.4 Å². The molecule has 1 amide bonds. The van der Waals surface area contributed by atoms with Gasteiger partial charge in [-0.2, -0.15) is 0 Å². The SMILES string of the molecule is COC(=O)c1sc(NC(=O)C(C)(N)c2ccccc2)nc1C(C)(C)C. The maximum Gasteiger partial charge on any atom is 0.350 e. The van der Waals surface area contributed by atoms with E-state index in [-0.39, 0.29) is 5.41 Å². The fourth-order valence-corrected chi connectivity index (χ4v) is 3.34.